The molecule has 0 aromatic rings. The lowest BCUT2D eigenvalue weighted by Gasteiger charge is -2.08. The number of carbonyl (C=O) groups is 3. The van der Waals surface area contributed by atoms with Crippen molar-refractivity contribution >= 4 is 18.0 Å². The molecule has 0 rings (SSSR count). The number of carboxylic acid groups (broad SMARTS) is 1. The Morgan fingerprint density at radius 1 is 1.21 bits per heavy atom. The van der Waals surface area contributed by atoms with Gasteiger partial charge in [-0.15, -0.1) is 0 Å². The van der Waals surface area contributed by atoms with E-state index in [1.807, 2.05) is 0 Å². The van der Waals surface area contributed by atoms with Crippen LogP contribution in [0.25, 0.3) is 0 Å². The van der Waals surface area contributed by atoms with E-state index in [2.05, 4.69) is 0 Å². The summed E-state index contributed by atoms with van der Waals surface area (Å²) < 4.78 is 0. The second-order valence-electron chi connectivity index (χ2n) is 3.00. The largest absolute Gasteiger partial charge is 0.480 e. The first-order valence-electron chi connectivity index (χ1n) is 4.22. The number of nitrogens with two attached hydrogens (primary N) is 2. The van der Waals surface area contributed by atoms with Crippen LogP contribution in [0.1, 0.15) is 19.3 Å². The van der Waals surface area contributed by atoms with Crippen LogP contribution in [0.2, 0.25) is 0 Å². The van der Waals surface area contributed by atoms with Crippen molar-refractivity contribution < 1.29 is 19.5 Å². The fourth-order valence-corrected chi connectivity index (χ4v) is 0.911. The van der Waals surface area contributed by atoms with E-state index in [0.717, 1.165) is 0 Å². The van der Waals surface area contributed by atoms with Gasteiger partial charge in [-0.05, 0) is 19.3 Å². The van der Waals surface area contributed by atoms with Crippen LogP contribution in [0.5, 0.6) is 0 Å². The van der Waals surface area contributed by atoms with E-state index in [4.69, 9.17) is 16.6 Å². The van der Waals surface area contributed by atoms with Gasteiger partial charge in [0.05, 0.1) is 6.04 Å². The highest BCUT2D eigenvalue weighted by atomic mass is 16.4. The first kappa shape index (κ1) is 12.7. The molecular weight excluding hydrogens is 188 g/mol. The molecule has 0 aromatic carbocycles. The van der Waals surface area contributed by atoms with Gasteiger partial charge in [0.25, 0.3) is 0 Å². The minimum atomic E-state index is -1.08. The monoisotopic (exact) mass is 202 g/mol. The first-order chi connectivity index (χ1) is 6.49. The Hall–Kier alpha value is -1.27. The number of ketones is 1. The van der Waals surface area contributed by atoms with Gasteiger partial charge in [-0.25, -0.2) is 0 Å². The molecule has 80 valence electrons. The fraction of sp³-hybridized carbons (Fsp3) is 0.625. The number of hydrogen-bond donors (Lipinski definition) is 3. The Morgan fingerprint density at radius 2 is 1.71 bits per heavy atom. The van der Waals surface area contributed by atoms with Crippen molar-refractivity contribution in [1.82, 2.24) is 0 Å². The maximum atomic E-state index is 10.7. The first-order valence-corrected chi connectivity index (χ1v) is 4.22. The summed E-state index contributed by atoms with van der Waals surface area (Å²) in [5.41, 5.74) is 10.5. The van der Waals surface area contributed by atoms with E-state index in [9.17, 15) is 14.4 Å². The van der Waals surface area contributed by atoms with Crippen molar-refractivity contribution in [1.29, 1.82) is 0 Å². The normalized spacial score (nSPS) is 14.4. The fourth-order valence-electron chi connectivity index (χ4n) is 0.911. The minimum Gasteiger partial charge on any atom is -0.480 e. The molecule has 0 spiro atoms. The Balaban J connectivity index is 3.69. The van der Waals surface area contributed by atoms with Gasteiger partial charge in [0.15, 0.2) is 6.29 Å². The predicted octanol–water partition coefficient (Wildman–Crippen LogP) is -1.34. The average Bonchev–Trinajstić information content (AvgIpc) is 2.15. The number of carbonyl (C=O) groups excluding carboxylic acids is 2. The molecule has 14 heavy (non-hydrogen) atoms. The van der Waals surface area contributed by atoms with Crippen LogP contribution in [0.15, 0.2) is 0 Å². The Bertz CT molecular complexity index is 229. The third-order valence-electron chi connectivity index (χ3n) is 1.83. The highest BCUT2D eigenvalue weighted by molar-refractivity contribution is 6.27. The highest BCUT2D eigenvalue weighted by Gasteiger charge is 2.15. The molecule has 6 heteroatoms. The minimum absolute atomic E-state index is 0.168. The van der Waals surface area contributed by atoms with Crippen molar-refractivity contribution in [2.24, 2.45) is 11.5 Å². The van der Waals surface area contributed by atoms with Gasteiger partial charge in [0.1, 0.15) is 6.04 Å². The van der Waals surface area contributed by atoms with Crippen LogP contribution in [-0.4, -0.2) is 35.2 Å². The summed E-state index contributed by atoms with van der Waals surface area (Å²) in [6.07, 6.45) is 1.10. The molecule has 0 saturated carbocycles. The zero-order valence-electron chi connectivity index (χ0n) is 7.68. The van der Waals surface area contributed by atoms with Gasteiger partial charge in [-0.1, -0.05) is 0 Å². The van der Waals surface area contributed by atoms with Gasteiger partial charge in [-0.2, -0.15) is 0 Å². The van der Waals surface area contributed by atoms with Crippen LogP contribution < -0.4 is 11.5 Å². The third kappa shape index (κ3) is 4.68. The predicted molar refractivity (Wildman–Crippen MR) is 48.5 cm³/mol. The van der Waals surface area contributed by atoms with E-state index < -0.39 is 23.8 Å². The van der Waals surface area contributed by atoms with Crippen molar-refractivity contribution in [3.8, 4) is 0 Å². The lowest BCUT2D eigenvalue weighted by atomic mass is 10.0. The molecule has 0 fully saturated rings. The van der Waals surface area contributed by atoms with E-state index >= 15 is 0 Å². The van der Waals surface area contributed by atoms with Gasteiger partial charge in [-0.3, -0.25) is 14.4 Å². The van der Waals surface area contributed by atoms with Crippen LogP contribution in [0.4, 0.5) is 0 Å². The van der Waals surface area contributed by atoms with Crippen molar-refractivity contribution in [3.05, 3.63) is 0 Å². The second kappa shape index (κ2) is 6.22. The number of Topliss-reactive ketones (excluding diaryl/α,β-unsaturated/α-hetero) is 1. The number of hydrogen-bond acceptors (Lipinski definition) is 5. The van der Waals surface area contributed by atoms with Crippen LogP contribution in [0, 0.1) is 0 Å². The van der Waals surface area contributed by atoms with Crippen LogP contribution in [0.3, 0.4) is 0 Å². The average molecular weight is 202 g/mol. The smallest absolute Gasteiger partial charge is 0.320 e. The molecule has 0 aliphatic carbocycles. The molecule has 0 saturated heterocycles. The summed E-state index contributed by atoms with van der Waals surface area (Å²) in [6, 6.07) is -1.78. The van der Waals surface area contributed by atoms with Gasteiger partial charge in [0, 0.05) is 0 Å². The maximum absolute atomic E-state index is 10.7. The molecule has 0 aromatic heterocycles. The summed E-state index contributed by atoms with van der Waals surface area (Å²) >= 11 is 0. The van der Waals surface area contributed by atoms with Crippen LogP contribution >= 0.6 is 0 Å². The van der Waals surface area contributed by atoms with Crippen LogP contribution in [-0.2, 0) is 14.4 Å². The second-order valence-corrected chi connectivity index (χ2v) is 3.00. The molecule has 0 amide bonds. The molecular formula is C8H14N2O4. The quantitative estimate of drug-likeness (QED) is 0.347. The zero-order valence-corrected chi connectivity index (χ0v) is 7.68. The Kier molecular flexibility index (Phi) is 5.66. The van der Waals surface area contributed by atoms with Crippen molar-refractivity contribution in [2.75, 3.05) is 0 Å². The number of aliphatic carboxylic acids is 1. The topological polar surface area (TPSA) is 123 Å². The summed E-state index contributed by atoms with van der Waals surface area (Å²) in [5.74, 6) is -1.76. The molecule has 0 heterocycles. The lowest BCUT2D eigenvalue weighted by Crippen LogP contribution is -2.33. The summed E-state index contributed by atoms with van der Waals surface area (Å²) in [4.78, 5) is 31.0. The summed E-state index contributed by atoms with van der Waals surface area (Å²) in [6.45, 7) is 0. The SMILES string of the molecule is NC(CCC[C@H](N)C(=O)O)C(=O)C=O. The van der Waals surface area contributed by atoms with Crippen molar-refractivity contribution in [3.63, 3.8) is 0 Å². The lowest BCUT2D eigenvalue weighted by molar-refractivity contribution is -0.138. The Labute approximate surface area is 81.3 Å². The molecule has 2 atom stereocenters. The Morgan fingerprint density at radius 3 is 2.14 bits per heavy atom. The number of carboxylic acids is 1. The molecule has 0 aliphatic rings. The van der Waals surface area contributed by atoms with E-state index in [0.29, 0.717) is 6.42 Å². The van der Waals surface area contributed by atoms with E-state index in [1.54, 1.807) is 0 Å². The highest BCUT2D eigenvalue weighted by Crippen LogP contribution is 2.02. The standard InChI is InChI=1S/C8H14N2O4/c9-5(7(12)4-11)2-1-3-6(10)8(13)14/h4-6H,1-3,9-10H2,(H,13,14)/t5?,6-/m0/s1. The van der Waals surface area contributed by atoms with Gasteiger partial charge >= 0.3 is 5.97 Å². The summed E-state index contributed by atoms with van der Waals surface area (Å²) in [5, 5.41) is 8.42. The molecule has 5 N–H and O–H groups in total. The third-order valence-corrected chi connectivity index (χ3v) is 1.83. The zero-order chi connectivity index (χ0) is 11.1. The van der Waals surface area contributed by atoms with E-state index in [1.165, 1.54) is 0 Å². The molecule has 0 radical (unpaired) electrons. The molecule has 0 aliphatic heterocycles. The molecule has 6 nitrogen and oxygen atoms in total. The van der Waals surface area contributed by atoms with Crippen molar-refractivity contribution in [2.45, 2.75) is 31.3 Å². The van der Waals surface area contributed by atoms with Gasteiger partial charge < -0.3 is 16.6 Å². The van der Waals surface area contributed by atoms with Gasteiger partial charge in [0.2, 0.25) is 5.78 Å². The maximum Gasteiger partial charge on any atom is 0.320 e. The molecule has 1 unspecified atom stereocenters. The summed E-state index contributed by atoms with van der Waals surface area (Å²) in [7, 11) is 0. The molecule has 0 bridgehead atoms. The number of rotatable bonds is 7. The number of aldehydes is 1. The van der Waals surface area contributed by atoms with E-state index in [-0.39, 0.29) is 19.1 Å².